The highest BCUT2D eigenvalue weighted by Crippen LogP contribution is 2.26. The summed E-state index contributed by atoms with van der Waals surface area (Å²) in [5.41, 5.74) is 0.933. The maximum Gasteiger partial charge on any atom is 0.255 e. The summed E-state index contributed by atoms with van der Waals surface area (Å²) < 4.78 is 5.43. The Kier molecular flexibility index (Phi) is 6.83. The maximum atomic E-state index is 12.8. The van der Waals surface area contributed by atoms with Crippen LogP contribution >= 0.6 is 0 Å². The Morgan fingerprint density at radius 2 is 1.70 bits per heavy atom. The molecule has 0 bridgehead atoms. The first-order valence-electron chi connectivity index (χ1n) is 11.0. The summed E-state index contributed by atoms with van der Waals surface area (Å²) >= 11 is 0. The first-order chi connectivity index (χ1) is 15.9. The number of likely N-dealkylation sites (N-methyl/N-ethyl adjacent to an activating group) is 1. The molecule has 1 aromatic carbocycles. The summed E-state index contributed by atoms with van der Waals surface area (Å²) in [5, 5.41) is 2.77. The number of carbonyl (C=O) groups is 3. The summed E-state index contributed by atoms with van der Waals surface area (Å²) in [5.74, 6) is -0.224. The van der Waals surface area contributed by atoms with Gasteiger partial charge in [-0.15, -0.1) is 0 Å². The number of aromatic nitrogens is 2. The van der Waals surface area contributed by atoms with E-state index in [4.69, 9.17) is 4.74 Å². The van der Waals surface area contributed by atoms with Crippen molar-refractivity contribution in [1.29, 1.82) is 0 Å². The number of epoxide rings is 1. The van der Waals surface area contributed by atoms with Crippen molar-refractivity contribution in [3.05, 3.63) is 54.4 Å². The van der Waals surface area contributed by atoms with Crippen molar-refractivity contribution < 1.29 is 19.1 Å². The molecule has 2 aliphatic rings. The zero-order valence-electron chi connectivity index (χ0n) is 18.8. The molecule has 0 spiro atoms. The lowest BCUT2D eigenvalue weighted by Crippen LogP contribution is -2.52. The van der Waals surface area contributed by atoms with Gasteiger partial charge in [0.2, 0.25) is 11.9 Å². The van der Waals surface area contributed by atoms with Gasteiger partial charge in [-0.25, -0.2) is 9.97 Å². The highest BCUT2D eigenvalue weighted by Gasteiger charge is 2.52. The van der Waals surface area contributed by atoms with Crippen LogP contribution < -0.4 is 10.2 Å². The van der Waals surface area contributed by atoms with E-state index in [0.717, 1.165) is 5.56 Å². The van der Waals surface area contributed by atoms with Crippen LogP contribution in [0.5, 0.6) is 0 Å². The number of ether oxygens (including phenoxy) is 1. The fourth-order valence-corrected chi connectivity index (χ4v) is 3.88. The number of nitrogens with one attached hydrogen (secondary N) is 1. The lowest BCUT2D eigenvalue weighted by molar-refractivity contribution is -0.134. The van der Waals surface area contributed by atoms with E-state index in [1.54, 1.807) is 37.5 Å². The molecule has 10 heteroatoms. The van der Waals surface area contributed by atoms with Gasteiger partial charge in [-0.3, -0.25) is 14.4 Å². The molecule has 1 aromatic heterocycles. The molecule has 2 aliphatic heterocycles. The molecule has 3 amide bonds. The maximum absolute atomic E-state index is 12.8. The number of amides is 3. The Hall–Kier alpha value is -3.53. The zero-order valence-corrected chi connectivity index (χ0v) is 18.8. The van der Waals surface area contributed by atoms with Crippen molar-refractivity contribution in [1.82, 2.24) is 25.1 Å². The van der Waals surface area contributed by atoms with Gasteiger partial charge in [0, 0.05) is 59.1 Å². The van der Waals surface area contributed by atoms with Crippen LogP contribution in [0.4, 0.5) is 5.95 Å². The van der Waals surface area contributed by atoms with Gasteiger partial charge < -0.3 is 24.8 Å². The van der Waals surface area contributed by atoms with E-state index >= 15 is 0 Å². The van der Waals surface area contributed by atoms with Crippen molar-refractivity contribution in [2.45, 2.75) is 24.7 Å². The molecule has 2 aromatic rings. The lowest BCUT2D eigenvalue weighted by atomic mass is 10.0. The van der Waals surface area contributed by atoms with Crippen LogP contribution in [-0.4, -0.2) is 96.0 Å². The molecule has 4 rings (SSSR count). The normalized spacial score (nSPS) is 20.7. The largest absolute Gasteiger partial charge is 0.349 e. The standard InChI is InChI=1S/C23H28N6O4/c1-27(2)21(31)17(15-16-7-4-3-5-8-16)26-20(30)18-19(33-18)22(32)28-11-13-29(14-12-28)23-24-9-6-10-25-23/h3-10,17-19H,11-15H2,1-2H3,(H,26,30)/t17-,18-,19-/m0/s1. The van der Waals surface area contributed by atoms with Crippen LogP contribution in [0.1, 0.15) is 5.56 Å². The molecular weight excluding hydrogens is 424 g/mol. The second-order valence-electron chi connectivity index (χ2n) is 8.32. The van der Waals surface area contributed by atoms with Crippen molar-refractivity contribution in [2.24, 2.45) is 0 Å². The number of hydrogen-bond donors (Lipinski definition) is 1. The first-order valence-corrected chi connectivity index (χ1v) is 11.0. The molecule has 1 N–H and O–H groups in total. The zero-order chi connectivity index (χ0) is 23.4. The van der Waals surface area contributed by atoms with E-state index in [-0.39, 0.29) is 11.8 Å². The quantitative estimate of drug-likeness (QED) is 0.575. The van der Waals surface area contributed by atoms with E-state index < -0.39 is 24.2 Å². The summed E-state index contributed by atoms with van der Waals surface area (Å²) in [6.07, 6.45) is 2.05. The van der Waals surface area contributed by atoms with Crippen molar-refractivity contribution >= 4 is 23.7 Å². The average Bonchev–Trinajstić information content (AvgIpc) is 3.65. The van der Waals surface area contributed by atoms with E-state index in [9.17, 15) is 14.4 Å². The van der Waals surface area contributed by atoms with Crippen molar-refractivity contribution in [3.63, 3.8) is 0 Å². The van der Waals surface area contributed by atoms with Gasteiger partial charge in [0.15, 0.2) is 12.2 Å². The van der Waals surface area contributed by atoms with Gasteiger partial charge in [-0.05, 0) is 11.6 Å². The highest BCUT2D eigenvalue weighted by atomic mass is 16.6. The number of nitrogens with zero attached hydrogens (tertiary/aromatic N) is 5. The Morgan fingerprint density at radius 1 is 1.03 bits per heavy atom. The molecule has 10 nitrogen and oxygen atoms in total. The number of anilines is 1. The number of piperazine rings is 1. The van der Waals surface area contributed by atoms with Crippen LogP contribution in [0, 0.1) is 0 Å². The molecule has 0 radical (unpaired) electrons. The Bertz CT molecular complexity index is 979. The highest BCUT2D eigenvalue weighted by molar-refractivity contribution is 5.97. The third-order valence-corrected chi connectivity index (χ3v) is 5.76. The van der Waals surface area contributed by atoms with E-state index in [0.29, 0.717) is 38.5 Å². The molecule has 0 unspecified atom stereocenters. The predicted molar refractivity (Wildman–Crippen MR) is 120 cm³/mol. The van der Waals surface area contributed by atoms with E-state index in [1.807, 2.05) is 35.2 Å². The number of benzene rings is 1. The molecule has 0 aliphatic carbocycles. The summed E-state index contributed by atoms with van der Waals surface area (Å²) in [7, 11) is 3.29. The SMILES string of the molecule is CN(C)C(=O)[C@H](Cc1ccccc1)NC(=O)[C@H]1O[C@@H]1C(=O)N1CCN(c2ncccn2)CC1. The Morgan fingerprint density at radius 3 is 2.33 bits per heavy atom. The van der Waals surface area contributed by atoms with Crippen LogP contribution in [0.2, 0.25) is 0 Å². The van der Waals surface area contributed by atoms with Crippen LogP contribution in [0.15, 0.2) is 48.8 Å². The molecule has 3 heterocycles. The smallest absolute Gasteiger partial charge is 0.255 e. The topological polar surface area (TPSA) is 111 Å². The number of hydrogen-bond acceptors (Lipinski definition) is 7. The Labute approximate surface area is 192 Å². The minimum Gasteiger partial charge on any atom is -0.349 e. The predicted octanol–water partition coefficient (Wildman–Crippen LogP) is -0.292. The van der Waals surface area contributed by atoms with Gasteiger partial charge in [-0.1, -0.05) is 30.3 Å². The average molecular weight is 453 g/mol. The molecule has 2 fully saturated rings. The van der Waals surface area contributed by atoms with E-state index in [1.165, 1.54) is 4.90 Å². The molecule has 33 heavy (non-hydrogen) atoms. The third-order valence-electron chi connectivity index (χ3n) is 5.76. The fourth-order valence-electron chi connectivity index (χ4n) is 3.88. The molecule has 3 atom stereocenters. The van der Waals surface area contributed by atoms with Gasteiger partial charge in [0.25, 0.3) is 11.8 Å². The molecular formula is C23H28N6O4. The molecule has 2 saturated heterocycles. The van der Waals surface area contributed by atoms with Crippen LogP contribution in [-0.2, 0) is 25.5 Å². The minimum atomic E-state index is -0.874. The second-order valence-corrected chi connectivity index (χ2v) is 8.32. The Balaban J connectivity index is 1.30. The van der Waals surface area contributed by atoms with Gasteiger partial charge in [-0.2, -0.15) is 0 Å². The van der Waals surface area contributed by atoms with Crippen molar-refractivity contribution in [3.8, 4) is 0 Å². The molecule has 174 valence electrons. The minimum absolute atomic E-state index is 0.206. The van der Waals surface area contributed by atoms with Gasteiger partial charge in [0.1, 0.15) is 6.04 Å². The summed E-state index contributed by atoms with van der Waals surface area (Å²) in [6.45, 7) is 2.22. The van der Waals surface area contributed by atoms with Gasteiger partial charge in [0.05, 0.1) is 0 Å². The first kappa shape index (κ1) is 22.7. The van der Waals surface area contributed by atoms with Crippen molar-refractivity contribution in [2.75, 3.05) is 45.2 Å². The van der Waals surface area contributed by atoms with Crippen LogP contribution in [0.3, 0.4) is 0 Å². The number of carbonyl (C=O) groups excluding carboxylic acids is 3. The van der Waals surface area contributed by atoms with E-state index in [2.05, 4.69) is 15.3 Å². The number of rotatable bonds is 7. The lowest BCUT2D eigenvalue weighted by Gasteiger charge is -2.34. The third kappa shape index (κ3) is 5.46. The summed E-state index contributed by atoms with van der Waals surface area (Å²) in [4.78, 5) is 51.9. The van der Waals surface area contributed by atoms with Crippen LogP contribution in [0.25, 0.3) is 0 Å². The summed E-state index contributed by atoms with van der Waals surface area (Å²) in [6, 6.07) is 10.5. The molecule has 0 saturated carbocycles. The fraction of sp³-hybridized carbons (Fsp3) is 0.435. The second kappa shape index (κ2) is 9.95. The van der Waals surface area contributed by atoms with Gasteiger partial charge >= 0.3 is 0 Å². The monoisotopic (exact) mass is 452 g/mol.